The molecule has 0 radical (unpaired) electrons. The van der Waals surface area contributed by atoms with Crippen LogP contribution in [0.15, 0.2) is 18.3 Å². The summed E-state index contributed by atoms with van der Waals surface area (Å²) in [6.45, 7) is -0.108. The minimum absolute atomic E-state index is 0.108. The van der Waals surface area contributed by atoms with Crippen molar-refractivity contribution in [2.75, 3.05) is 6.54 Å². The zero-order chi connectivity index (χ0) is 10.1. The predicted octanol–water partition coefficient (Wildman–Crippen LogP) is 0.524. The summed E-state index contributed by atoms with van der Waals surface area (Å²) in [5, 5.41) is 4.15. The minimum Gasteiger partial charge on any atom is -0.324 e. The van der Waals surface area contributed by atoms with Crippen molar-refractivity contribution < 1.29 is 4.79 Å². The maximum Gasteiger partial charge on any atom is 0.197 e. The van der Waals surface area contributed by atoms with E-state index in [0.29, 0.717) is 5.65 Å². The van der Waals surface area contributed by atoms with E-state index in [1.165, 1.54) is 4.52 Å². The van der Waals surface area contributed by atoms with Crippen molar-refractivity contribution in [1.29, 1.82) is 0 Å². The van der Waals surface area contributed by atoms with Crippen LogP contribution in [0.25, 0.3) is 5.65 Å². The zero-order valence-electron chi connectivity index (χ0n) is 7.14. The van der Waals surface area contributed by atoms with Crippen LogP contribution >= 0.6 is 11.6 Å². The fraction of sp³-hybridized carbons (Fsp3) is 0.125. The lowest BCUT2D eigenvalue weighted by Crippen LogP contribution is -2.14. The van der Waals surface area contributed by atoms with Gasteiger partial charge in [0.15, 0.2) is 16.6 Å². The number of hydrogen-bond acceptors (Lipinski definition) is 4. The topological polar surface area (TPSA) is 73.3 Å². The number of aromatic nitrogens is 3. The first-order valence-corrected chi connectivity index (χ1v) is 4.34. The molecule has 2 aromatic heterocycles. The van der Waals surface area contributed by atoms with Gasteiger partial charge in [-0.3, -0.25) is 4.79 Å². The quantitative estimate of drug-likeness (QED) is 0.734. The third kappa shape index (κ3) is 1.26. The third-order valence-corrected chi connectivity index (χ3v) is 2.13. The number of halogens is 1. The first-order chi connectivity index (χ1) is 6.74. The SMILES string of the molecule is NCC(=O)c1nc2cccnn2c1Cl. The summed E-state index contributed by atoms with van der Waals surface area (Å²) in [7, 11) is 0. The second-order valence-corrected chi connectivity index (χ2v) is 3.03. The Morgan fingerprint density at radius 1 is 1.64 bits per heavy atom. The zero-order valence-corrected chi connectivity index (χ0v) is 7.90. The van der Waals surface area contributed by atoms with Gasteiger partial charge in [-0.1, -0.05) is 11.6 Å². The number of imidazole rings is 1. The molecule has 0 amide bonds. The molecule has 0 aromatic carbocycles. The van der Waals surface area contributed by atoms with Crippen LogP contribution in [0.3, 0.4) is 0 Å². The van der Waals surface area contributed by atoms with E-state index in [2.05, 4.69) is 10.1 Å². The van der Waals surface area contributed by atoms with Gasteiger partial charge < -0.3 is 5.73 Å². The lowest BCUT2D eigenvalue weighted by Gasteiger charge is -1.91. The highest BCUT2D eigenvalue weighted by Crippen LogP contribution is 2.16. The summed E-state index contributed by atoms with van der Waals surface area (Å²) < 4.78 is 1.39. The van der Waals surface area contributed by atoms with Gasteiger partial charge in [-0.15, -0.1) is 0 Å². The Morgan fingerprint density at radius 3 is 3.07 bits per heavy atom. The van der Waals surface area contributed by atoms with Crippen molar-refractivity contribution in [2.45, 2.75) is 0 Å². The summed E-state index contributed by atoms with van der Waals surface area (Å²) in [5.74, 6) is -0.291. The van der Waals surface area contributed by atoms with Gasteiger partial charge in [0.05, 0.1) is 6.54 Å². The lowest BCUT2D eigenvalue weighted by atomic mass is 10.3. The van der Waals surface area contributed by atoms with Crippen LogP contribution in [0.4, 0.5) is 0 Å². The van der Waals surface area contributed by atoms with E-state index in [1.807, 2.05) is 0 Å². The molecule has 0 fully saturated rings. The van der Waals surface area contributed by atoms with Crippen LogP contribution in [0.2, 0.25) is 5.15 Å². The van der Waals surface area contributed by atoms with E-state index in [1.54, 1.807) is 18.3 Å². The molecule has 2 rings (SSSR count). The van der Waals surface area contributed by atoms with Crippen molar-refractivity contribution in [3.05, 3.63) is 29.2 Å². The van der Waals surface area contributed by atoms with E-state index in [0.717, 1.165) is 0 Å². The van der Waals surface area contributed by atoms with Crippen LogP contribution in [0.1, 0.15) is 10.5 Å². The predicted molar refractivity (Wildman–Crippen MR) is 51.4 cm³/mol. The number of fused-ring (bicyclic) bond motifs is 1. The van der Waals surface area contributed by atoms with Crippen LogP contribution in [0, 0.1) is 0 Å². The molecule has 72 valence electrons. The molecular formula is C8H7ClN4O. The summed E-state index contributed by atoms with van der Waals surface area (Å²) in [5.41, 5.74) is 5.93. The van der Waals surface area contributed by atoms with E-state index in [-0.39, 0.29) is 23.2 Å². The molecule has 6 heteroatoms. The summed E-state index contributed by atoms with van der Waals surface area (Å²) >= 11 is 5.89. The Bertz CT molecular complexity index is 493. The molecular weight excluding hydrogens is 204 g/mol. The highest BCUT2D eigenvalue weighted by atomic mass is 35.5. The molecule has 0 spiro atoms. The van der Waals surface area contributed by atoms with E-state index < -0.39 is 0 Å². The molecule has 0 unspecified atom stereocenters. The normalized spacial score (nSPS) is 10.7. The Balaban J connectivity index is 2.68. The molecule has 0 aliphatic carbocycles. The smallest absolute Gasteiger partial charge is 0.197 e. The van der Waals surface area contributed by atoms with Gasteiger partial charge in [0.25, 0.3) is 0 Å². The number of rotatable bonds is 2. The van der Waals surface area contributed by atoms with Crippen molar-refractivity contribution >= 4 is 23.0 Å². The van der Waals surface area contributed by atoms with E-state index in [9.17, 15) is 4.79 Å². The van der Waals surface area contributed by atoms with Gasteiger partial charge >= 0.3 is 0 Å². The molecule has 14 heavy (non-hydrogen) atoms. The standard InChI is InChI=1S/C8H7ClN4O/c9-8-7(5(14)4-10)12-6-2-1-3-11-13(6)8/h1-3H,4,10H2. The molecule has 2 N–H and O–H groups in total. The first kappa shape index (κ1) is 9.11. The Labute approximate surface area is 84.5 Å². The van der Waals surface area contributed by atoms with Gasteiger partial charge in [-0.25, -0.2) is 9.50 Å². The molecule has 0 aliphatic heterocycles. The molecule has 0 saturated carbocycles. The molecule has 0 atom stereocenters. The van der Waals surface area contributed by atoms with E-state index >= 15 is 0 Å². The van der Waals surface area contributed by atoms with Gasteiger partial charge in [0.1, 0.15) is 5.69 Å². The maximum atomic E-state index is 11.3. The van der Waals surface area contributed by atoms with Crippen molar-refractivity contribution in [3.63, 3.8) is 0 Å². The lowest BCUT2D eigenvalue weighted by molar-refractivity contribution is 0.0997. The number of ketones is 1. The molecule has 0 saturated heterocycles. The number of nitrogens with zero attached hydrogens (tertiary/aromatic N) is 3. The third-order valence-electron chi connectivity index (χ3n) is 1.79. The van der Waals surface area contributed by atoms with E-state index in [4.69, 9.17) is 17.3 Å². The summed E-state index contributed by atoms with van der Waals surface area (Å²) in [6.07, 6.45) is 1.57. The average molecular weight is 211 g/mol. The first-order valence-electron chi connectivity index (χ1n) is 3.96. The number of nitrogens with two attached hydrogens (primary N) is 1. The van der Waals surface area contributed by atoms with Crippen LogP contribution in [0.5, 0.6) is 0 Å². The van der Waals surface area contributed by atoms with Crippen molar-refractivity contribution in [1.82, 2.24) is 14.6 Å². The average Bonchev–Trinajstić information content (AvgIpc) is 2.56. The molecule has 0 bridgehead atoms. The second kappa shape index (κ2) is 3.36. The number of carbonyl (C=O) groups excluding carboxylic acids is 1. The minimum atomic E-state index is -0.291. The van der Waals surface area contributed by atoms with Crippen LogP contribution in [-0.2, 0) is 0 Å². The largest absolute Gasteiger partial charge is 0.324 e. The highest BCUT2D eigenvalue weighted by molar-refractivity contribution is 6.33. The van der Waals surface area contributed by atoms with Crippen molar-refractivity contribution in [3.8, 4) is 0 Å². The Morgan fingerprint density at radius 2 is 2.43 bits per heavy atom. The monoisotopic (exact) mass is 210 g/mol. The number of Topliss-reactive ketones (excluding diaryl/α,β-unsaturated/α-hetero) is 1. The molecule has 2 aromatic rings. The van der Waals surface area contributed by atoms with Crippen LogP contribution < -0.4 is 5.73 Å². The molecule has 5 nitrogen and oxygen atoms in total. The maximum absolute atomic E-state index is 11.3. The fourth-order valence-electron chi connectivity index (χ4n) is 1.13. The number of hydrogen-bond donors (Lipinski definition) is 1. The van der Waals surface area contributed by atoms with Gasteiger partial charge in [0.2, 0.25) is 0 Å². The Hall–Kier alpha value is -1.46. The van der Waals surface area contributed by atoms with Gasteiger partial charge in [-0.2, -0.15) is 5.10 Å². The Kier molecular flexibility index (Phi) is 2.18. The molecule has 2 heterocycles. The summed E-state index contributed by atoms with van der Waals surface area (Å²) in [4.78, 5) is 15.3. The van der Waals surface area contributed by atoms with Gasteiger partial charge in [-0.05, 0) is 12.1 Å². The van der Waals surface area contributed by atoms with Crippen LogP contribution in [-0.4, -0.2) is 26.9 Å². The highest BCUT2D eigenvalue weighted by Gasteiger charge is 2.16. The molecule has 0 aliphatic rings. The summed E-state index contributed by atoms with van der Waals surface area (Å²) in [6, 6.07) is 3.43. The van der Waals surface area contributed by atoms with Gasteiger partial charge in [0, 0.05) is 6.20 Å². The second-order valence-electron chi connectivity index (χ2n) is 2.67. The van der Waals surface area contributed by atoms with Crippen molar-refractivity contribution in [2.24, 2.45) is 5.73 Å². The fourth-order valence-corrected chi connectivity index (χ4v) is 1.41. The number of carbonyl (C=O) groups is 1.